The summed E-state index contributed by atoms with van der Waals surface area (Å²) >= 11 is 0. The molecule has 0 unspecified atom stereocenters. The third-order valence-electron chi connectivity index (χ3n) is 3.13. The number of anilines is 1. The lowest BCUT2D eigenvalue weighted by atomic mass is 10.2. The highest BCUT2D eigenvalue weighted by Gasteiger charge is 2.30. The molecule has 0 spiro atoms. The number of hydrogen-bond donors (Lipinski definition) is 1. The Morgan fingerprint density at radius 2 is 1.86 bits per heavy atom. The zero-order valence-corrected chi connectivity index (χ0v) is 11.9. The number of rotatable bonds is 5. The maximum absolute atomic E-state index is 12.0. The number of halogens is 3. The average molecular weight is 318 g/mol. The second-order valence-corrected chi connectivity index (χ2v) is 4.82. The summed E-state index contributed by atoms with van der Waals surface area (Å²) in [4.78, 5) is 13.9. The maximum Gasteiger partial charge on any atom is 0.573 e. The standard InChI is InChI=1S/C14H17F3N2O3/c15-14(16,17)22-12-3-1-11(2-4-12)18-13(20)5-6-19-7-9-21-10-8-19/h1-4H,5-10H2,(H,18,20). The van der Waals surface area contributed by atoms with E-state index in [2.05, 4.69) is 15.0 Å². The van der Waals surface area contributed by atoms with Gasteiger partial charge in [-0.05, 0) is 24.3 Å². The van der Waals surface area contributed by atoms with Crippen molar-refractivity contribution < 1.29 is 27.4 Å². The van der Waals surface area contributed by atoms with Crippen molar-refractivity contribution in [3.63, 3.8) is 0 Å². The van der Waals surface area contributed by atoms with E-state index in [0.717, 1.165) is 25.2 Å². The van der Waals surface area contributed by atoms with E-state index >= 15 is 0 Å². The van der Waals surface area contributed by atoms with Crippen LogP contribution in [-0.4, -0.2) is 50.0 Å². The largest absolute Gasteiger partial charge is 0.573 e. The van der Waals surface area contributed by atoms with Crippen molar-refractivity contribution in [1.29, 1.82) is 0 Å². The van der Waals surface area contributed by atoms with Crippen LogP contribution in [0, 0.1) is 0 Å². The molecule has 0 saturated carbocycles. The van der Waals surface area contributed by atoms with Gasteiger partial charge >= 0.3 is 6.36 Å². The predicted molar refractivity (Wildman–Crippen MR) is 73.6 cm³/mol. The van der Waals surface area contributed by atoms with Crippen LogP contribution in [0.4, 0.5) is 18.9 Å². The van der Waals surface area contributed by atoms with Crippen molar-refractivity contribution in [2.45, 2.75) is 12.8 Å². The van der Waals surface area contributed by atoms with Gasteiger partial charge in [-0.1, -0.05) is 0 Å². The van der Waals surface area contributed by atoms with Crippen LogP contribution in [0.25, 0.3) is 0 Å². The summed E-state index contributed by atoms with van der Waals surface area (Å²) in [6, 6.07) is 5.05. The molecule has 1 aliphatic rings. The summed E-state index contributed by atoms with van der Waals surface area (Å²) in [5, 5.41) is 2.64. The number of ether oxygens (including phenoxy) is 2. The quantitative estimate of drug-likeness (QED) is 0.905. The van der Waals surface area contributed by atoms with Crippen LogP contribution in [0.5, 0.6) is 5.75 Å². The Morgan fingerprint density at radius 1 is 1.23 bits per heavy atom. The van der Waals surface area contributed by atoms with Gasteiger partial charge < -0.3 is 14.8 Å². The molecule has 0 radical (unpaired) electrons. The lowest BCUT2D eigenvalue weighted by Crippen LogP contribution is -2.38. The number of carbonyl (C=O) groups is 1. The first kappa shape index (κ1) is 16.6. The molecule has 22 heavy (non-hydrogen) atoms. The number of morpholine rings is 1. The van der Waals surface area contributed by atoms with Gasteiger partial charge in [-0.2, -0.15) is 0 Å². The Balaban J connectivity index is 1.76. The first-order chi connectivity index (χ1) is 10.4. The zero-order valence-electron chi connectivity index (χ0n) is 11.9. The Kier molecular flexibility index (Phi) is 5.62. The molecule has 0 aliphatic carbocycles. The van der Waals surface area contributed by atoms with E-state index in [1.807, 2.05) is 0 Å². The van der Waals surface area contributed by atoms with Crippen LogP contribution in [0.1, 0.15) is 6.42 Å². The van der Waals surface area contributed by atoms with Crippen LogP contribution in [0.3, 0.4) is 0 Å². The maximum atomic E-state index is 12.0. The van der Waals surface area contributed by atoms with Gasteiger partial charge in [0, 0.05) is 31.7 Å². The molecule has 1 fully saturated rings. The lowest BCUT2D eigenvalue weighted by molar-refractivity contribution is -0.274. The molecule has 1 aliphatic heterocycles. The van der Waals surface area contributed by atoms with Gasteiger partial charge in [-0.25, -0.2) is 0 Å². The van der Waals surface area contributed by atoms with E-state index in [1.54, 1.807) is 0 Å². The first-order valence-corrected chi connectivity index (χ1v) is 6.88. The number of nitrogens with one attached hydrogen (secondary N) is 1. The number of alkyl halides is 3. The normalized spacial score (nSPS) is 16.3. The summed E-state index contributed by atoms with van der Waals surface area (Å²) in [6.07, 6.45) is -4.40. The molecule has 1 amide bonds. The van der Waals surface area contributed by atoms with Crippen molar-refractivity contribution in [3.8, 4) is 5.75 Å². The molecule has 5 nitrogen and oxygen atoms in total. The Morgan fingerprint density at radius 3 is 2.45 bits per heavy atom. The highest BCUT2D eigenvalue weighted by atomic mass is 19.4. The van der Waals surface area contributed by atoms with Crippen molar-refractivity contribution in [1.82, 2.24) is 4.90 Å². The summed E-state index contributed by atoms with van der Waals surface area (Å²) in [5.74, 6) is -0.505. The number of benzene rings is 1. The van der Waals surface area contributed by atoms with Gasteiger partial charge in [-0.3, -0.25) is 9.69 Å². The van der Waals surface area contributed by atoms with Crippen molar-refractivity contribution in [3.05, 3.63) is 24.3 Å². The molecule has 1 heterocycles. The van der Waals surface area contributed by atoms with Crippen LogP contribution >= 0.6 is 0 Å². The third-order valence-corrected chi connectivity index (χ3v) is 3.13. The third kappa shape index (κ3) is 5.90. The topological polar surface area (TPSA) is 50.8 Å². The molecule has 1 saturated heterocycles. The average Bonchev–Trinajstić information content (AvgIpc) is 2.47. The van der Waals surface area contributed by atoms with E-state index in [0.29, 0.717) is 31.9 Å². The van der Waals surface area contributed by atoms with Gasteiger partial charge in [0.2, 0.25) is 5.91 Å². The van der Waals surface area contributed by atoms with Crippen molar-refractivity contribution in [2.24, 2.45) is 0 Å². The molecule has 0 aromatic heterocycles. The molecular formula is C14H17F3N2O3. The minimum atomic E-state index is -4.72. The van der Waals surface area contributed by atoms with Crippen LogP contribution < -0.4 is 10.1 Å². The highest BCUT2D eigenvalue weighted by Crippen LogP contribution is 2.23. The second-order valence-electron chi connectivity index (χ2n) is 4.82. The van der Waals surface area contributed by atoms with E-state index in [9.17, 15) is 18.0 Å². The molecule has 0 atom stereocenters. The van der Waals surface area contributed by atoms with Gasteiger partial charge in [0.15, 0.2) is 0 Å². The van der Waals surface area contributed by atoms with Crippen molar-refractivity contribution in [2.75, 3.05) is 38.2 Å². The van der Waals surface area contributed by atoms with Crippen LogP contribution in [0.15, 0.2) is 24.3 Å². The molecule has 1 aromatic rings. The molecule has 8 heteroatoms. The van der Waals surface area contributed by atoms with Crippen molar-refractivity contribution >= 4 is 11.6 Å². The molecule has 1 N–H and O–H groups in total. The number of nitrogens with zero attached hydrogens (tertiary/aromatic N) is 1. The smallest absolute Gasteiger partial charge is 0.406 e. The van der Waals surface area contributed by atoms with Crippen LogP contribution in [0.2, 0.25) is 0 Å². The molecule has 1 aromatic carbocycles. The lowest BCUT2D eigenvalue weighted by Gasteiger charge is -2.26. The Bertz CT molecular complexity index is 485. The van der Waals surface area contributed by atoms with Gasteiger partial charge in [0.25, 0.3) is 0 Å². The Labute approximate surface area is 126 Å². The first-order valence-electron chi connectivity index (χ1n) is 6.88. The molecule has 122 valence electrons. The molecule has 2 rings (SSSR count). The fourth-order valence-electron chi connectivity index (χ4n) is 2.05. The predicted octanol–water partition coefficient (Wildman–Crippen LogP) is 2.25. The van der Waals surface area contributed by atoms with E-state index < -0.39 is 6.36 Å². The fourth-order valence-corrected chi connectivity index (χ4v) is 2.05. The van der Waals surface area contributed by atoms with Crippen LogP contribution in [-0.2, 0) is 9.53 Å². The molecular weight excluding hydrogens is 301 g/mol. The van der Waals surface area contributed by atoms with Gasteiger partial charge in [-0.15, -0.1) is 13.2 Å². The highest BCUT2D eigenvalue weighted by molar-refractivity contribution is 5.90. The molecule has 0 bridgehead atoms. The summed E-state index contributed by atoms with van der Waals surface area (Å²) in [5.41, 5.74) is 0.432. The Hall–Kier alpha value is -1.80. The number of amides is 1. The van der Waals surface area contributed by atoms with E-state index in [1.165, 1.54) is 12.1 Å². The van der Waals surface area contributed by atoms with Gasteiger partial charge in [0.05, 0.1) is 13.2 Å². The number of hydrogen-bond acceptors (Lipinski definition) is 4. The number of carbonyl (C=O) groups excluding carboxylic acids is 1. The minimum absolute atomic E-state index is 0.184. The zero-order chi connectivity index (χ0) is 16.0. The van der Waals surface area contributed by atoms with E-state index in [-0.39, 0.29) is 11.7 Å². The monoisotopic (exact) mass is 318 g/mol. The summed E-state index contributed by atoms with van der Waals surface area (Å²) in [6.45, 7) is 3.57. The fraction of sp³-hybridized carbons (Fsp3) is 0.500. The second kappa shape index (κ2) is 7.46. The SMILES string of the molecule is O=C(CCN1CCOCC1)Nc1ccc(OC(F)(F)F)cc1. The van der Waals surface area contributed by atoms with Gasteiger partial charge in [0.1, 0.15) is 5.75 Å². The summed E-state index contributed by atoms with van der Waals surface area (Å²) in [7, 11) is 0. The minimum Gasteiger partial charge on any atom is -0.406 e. The van der Waals surface area contributed by atoms with E-state index in [4.69, 9.17) is 4.74 Å². The summed E-state index contributed by atoms with van der Waals surface area (Å²) < 4.78 is 45.0.